The Morgan fingerprint density at radius 2 is 2.00 bits per heavy atom. The van der Waals surface area contributed by atoms with Crippen LogP contribution in [0.3, 0.4) is 0 Å². The molecule has 1 aromatic rings. The van der Waals surface area contributed by atoms with Gasteiger partial charge in [0.25, 0.3) is 11.3 Å². The van der Waals surface area contributed by atoms with Gasteiger partial charge in [0.1, 0.15) is 11.5 Å². The van der Waals surface area contributed by atoms with Gasteiger partial charge in [-0.15, -0.1) is 0 Å². The third kappa shape index (κ3) is 7.23. The van der Waals surface area contributed by atoms with Gasteiger partial charge in [-0.1, -0.05) is 32.1 Å². The molecule has 1 unspecified atom stereocenters. The Morgan fingerprint density at radius 3 is 2.55 bits per heavy atom. The van der Waals surface area contributed by atoms with Gasteiger partial charge < -0.3 is 10.0 Å². The summed E-state index contributed by atoms with van der Waals surface area (Å²) < 4.78 is 21.5. The van der Waals surface area contributed by atoms with Gasteiger partial charge in [0.2, 0.25) is 0 Å². The van der Waals surface area contributed by atoms with E-state index in [2.05, 4.69) is 31.1 Å². The lowest BCUT2D eigenvalue weighted by atomic mass is 9.86. The maximum Gasteiger partial charge on any atom is 0.324 e. The lowest BCUT2D eigenvalue weighted by Crippen LogP contribution is -2.45. The average Bonchev–Trinajstić information content (AvgIpc) is 3.08. The van der Waals surface area contributed by atoms with E-state index in [1.165, 1.54) is 6.20 Å². The van der Waals surface area contributed by atoms with Crippen molar-refractivity contribution in [3.63, 3.8) is 0 Å². The van der Waals surface area contributed by atoms with E-state index < -0.39 is 23.8 Å². The number of aromatic nitrogens is 1. The number of hydrogen-bond donors (Lipinski definition) is 3. The normalized spacial score (nSPS) is 20.3. The van der Waals surface area contributed by atoms with Crippen LogP contribution >= 0.6 is 11.3 Å². The van der Waals surface area contributed by atoms with Crippen molar-refractivity contribution in [1.82, 2.24) is 9.88 Å². The zero-order valence-electron chi connectivity index (χ0n) is 17.0. The minimum atomic E-state index is -2.50. The summed E-state index contributed by atoms with van der Waals surface area (Å²) in [4.78, 5) is 29.8. The number of hydrogen-bond acceptors (Lipinski definition) is 5. The van der Waals surface area contributed by atoms with E-state index in [4.69, 9.17) is 5.11 Å². The molecule has 0 bridgehead atoms. The monoisotopic (exact) mass is 446 g/mol. The molecule has 0 saturated heterocycles. The molecule has 0 radical (unpaired) electrons. The van der Waals surface area contributed by atoms with Crippen molar-refractivity contribution in [2.24, 2.45) is 11.8 Å². The second-order valence-electron chi connectivity index (χ2n) is 7.88. The zero-order chi connectivity index (χ0) is 21.6. The lowest BCUT2D eigenvalue weighted by Gasteiger charge is -2.36. The van der Waals surface area contributed by atoms with Gasteiger partial charge in [-0.3, -0.25) is 14.7 Å². The second kappa shape index (κ2) is 10.9. The highest BCUT2D eigenvalue weighted by Crippen LogP contribution is 2.30. The molecule has 1 saturated carbocycles. The van der Waals surface area contributed by atoms with E-state index in [0.29, 0.717) is 18.4 Å². The van der Waals surface area contributed by atoms with Gasteiger partial charge in [0.15, 0.2) is 5.13 Å². The van der Waals surface area contributed by atoms with Gasteiger partial charge in [-0.05, 0) is 43.9 Å². The first-order valence-corrected chi connectivity index (χ1v) is 11.7. The van der Waals surface area contributed by atoms with E-state index in [0.717, 1.165) is 47.7 Å². The standard InChI is InChI=1S/C18H30N4O5S2/c1-12(2)8-9-21(14-6-4-13(3)5-7-14)18(25)20-17-19-10-15(28-17)22(29(26)27)11-16(23)24/h10,12-14H,4-9,11H2,1-3H3,(H,23,24)(H,26,27)(H,19,20,25). The Morgan fingerprint density at radius 1 is 1.34 bits per heavy atom. The molecule has 164 valence electrons. The highest BCUT2D eigenvalue weighted by Gasteiger charge is 2.28. The number of anilines is 2. The first-order valence-electron chi connectivity index (χ1n) is 9.81. The molecule has 0 spiro atoms. The number of rotatable bonds is 9. The van der Waals surface area contributed by atoms with Gasteiger partial charge in [0.05, 0.1) is 6.20 Å². The van der Waals surface area contributed by atoms with Crippen molar-refractivity contribution in [3.8, 4) is 0 Å². The van der Waals surface area contributed by atoms with Crippen LogP contribution in [-0.2, 0) is 16.1 Å². The molecule has 0 aromatic carbocycles. The quantitative estimate of drug-likeness (QED) is 0.498. The van der Waals surface area contributed by atoms with Crippen molar-refractivity contribution >= 4 is 44.7 Å². The van der Waals surface area contributed by atoms with Gasteiger partial charge in [-0.25, -0.2) is 18.3 Å². The second-order valence-corrected chi connectivity index (χ2v) is 9.80. The van der Waals surface area contributed by atoms with Crippen LogP contribution in [0.4, 0.5) is 14.9 Å². The summed E-state index contributed by atoms with van der Waals surface area (Å²) in [6.07, 6.45) is 6.35. The number of nitrogens with zero attached hydrogens (tertiary/aromatic N) is 3. The van der Waals surface area contributed by atoms with Crippen LogP contribution in [0.15, 0.2) is 6.20 Å². The molecule has 1 atom stereocenters. The summed E-state index contributed by atoms with van der Waals surface area (Å²) in [6.45, 7) is 6.50. The van der Waals surface area contributed by atoms with Crippen LogP contribution in [0.1, 0.15) is 52.9 Å². The highest BCUT2D eigenvalue weighted by molar-refractivity contribution is 7.81. The van der Waals surface area contributed by atoms with Gasteiger partial charge in [-0.2, -0.15) is 0 Å². The Kier molecular flexibility index (Phi) is 8.84. The molecule has 3 N–H and O–H groups in total. The van der Waals surface area contributed by atoms with E-state index in [9.17, 15) is 18.4 Å². The molecule has 2 rings (SSSR count). The minimum absolute atomic E-state index is 0.192. The van der Waals surface area contributed by atoms with E-state index in [1.54, 1.807) is 0 Å². The summed E-state index contributed by atoms with van der Waals surface area (Å²) >= 11 is -1.53. The maximum absolute atomic E-state index is 13.0. The van der Waals surface area contributed by atoms with Crippen LogP contribution in [-0.4, -0.2) is 54.9 Å². The molecule has 29 heavy (non-hydrogen) atoms. The Hall–Kier alpha value is -1.72. The van der Waals surface area contributed by atoms with Gasteiger partial charge >= 0.3 is 12.0 Å². The summed E-state index contributed by atoms with van der Waals surface area (Å²) in [5.41, 5.74) is 0. The molecule has 1 aliphatic carbocycles. The van der Waals surface area contributed by atoms with Crippen LogP contribution in [0.5, 0.6) is 0 Å². The number of carbonyl (C=O) groups excluding carboxylic acids is 1. The number of carboxylic acid groups (broad SMARTS) is 1. The number of carboxylic acids is 1. The van der Waals surface area contributed by atoms with Crippen molar-refractivity contribution in [2.45, 2.75) is 58.9 Å². The Bertz CT molecular complexity index is 719. The fourth-order valence-electron chi connectivity index (χ4n) is 3.34. The zero-order valence-corrected chi connectivity index (χ0v) is 18.7. The first-order chi connectivity index (χ1) is 13.7. The fraction of sp³-hybridized carbons (Fsp3) is 0.722. The molecular weight excluding hydrogens is 416 g/mol. The van der Waals surface area contributed by atoms with Crippen LogP contribution in [0.2, 0.25) is 0 Å². The molecule has 2 amide bonds. The lowest BCUT2D eigenvalue weighted by molar-refractivity contribution is -0.135. The summed E-state index contributed by atoms with van der Waals surface area (Å²) in [5.74, 6) is -0.0801. The number of amides is 2. The van der Waals surface area contributed by atoms with Crippen LogP contribution in [0, 0.1) is 11.8 Å². The largest absolute Gasteiger partial charge is 0.480 e. The van der Waals surface area contributed by atoms with Gasteiger partial charge in [0, 0.05) is 12.6 Å². The van der Waals surface area contributed by atoms with Crippen LogP contribution in [0.25, 0.3) is 0 Å². The highest BCUT2D eigenvalue weighted by atomic mass is 32.2. The number of thiazole rings is 1. The topological polar surface area (TPSA) is 123 Å². The molecule has 1 aromatic heterocycles. The predicted molar refractivity (Wildman–Crippen MR) is 114 cm³/mol. The number of nitrogens with one attached hydrogen (secondary N) is 1. The third-order valence-electron chi connectivity index (χ3n) is 5.05. The van der Waals surface area contributed by atoms with Crippen molar-refractivity contribution in [2.75, 3.05) is 22.7 Å². The molecule has 1 heterocycles. The number of urea groups is 1. The fourth-order valence-corrected chi connectivity index (χ4v) is 4.77. The molecule has 9 nitrogen and oxygen atoms in total. The Labute approximate surface area is 177 Å². The molecule has 1 fully saturated rings. The van der Waals surface area contributed by atoms with E-state index >= 15 is 0 Å². The van der Waals surface area contributed by atoms with Crippen molar-refractivity contribution in [3.05, 3.63) is 6.20 Å². The first kappa shape index (κ1) is 23.6. The minimum Gasteiger partial charge on any atom is -0.480 e. The maximum atomic E-state index is 13.0. The van der Waals surface area contributed by atoms with Crippen LogP contribution < -0.4 is 9.62 Å². The SMILES string of the molecule is CC(C)CCN(C(=O)Nc1ncc(N(CC(=O)O)S(=O)O)s1)C1CCC(C)CC1. The number of aliphatic carboxylic acids is 1. The van der Waals surface area contributed by atoms with E-state index in [-0.39, 0.29) is 22.2 Å². The molecular formula is C18H30N4O5S2. The molecule has 1 aliphatic rings. The summed E-state index contributed by atoms with van der Waals surface area (Å²) in [7, 11) is 0. The smallest absolute Gasteiger partial charge is 0.324 e. The third-order valence-corrected chi connectivity index (χ3v) is 6.81. The Balaban J connectivity index is 2.09. The van der Waals surface area contributed by atoms with Crippen molar-refractivity contribution < 1.29 is 23.5 Å². The average molecular weight is 447 g/mol. The number of carbonyl (C=O) groups is 2. The molecule has 11 heteroatoms. The van der Waals surface area contributed by atoms with Crippen molar-refractivity contribution in [1.29, 1.82) is 0 Å². The summed E-state index contributed by atoms with van der Waals surface area (Å²) in [5, 5.41) is 12.2. The predicted octanol–water partition coefficient (Wildman–Crippen LogP) is 3.63. The van der Waals surface area contributed by atoms with E-state index in [1.807, 2.05) is 4.90 Å². The summed E-state index contributed by atoms with van der Waals surface area (Å²) in [6, 6.07) is -0.0427. The molecule has 0 aliphatic heterocycles.